The smallest absolute Gasteiger partial charge is 0.223 e. The van der Waals surface area contributed by atoms with Gasteiger partial charge in [-0.3, -0.25) is 4.79 Å². The molecule has 4 saturated carbocycles. The van der Waals surface area contributed by atoms with Gasteiger partial charge >= 0.3 is 0 Å². The Kier molecular flexibility index (Phi) is 4.45. The minimum Gasteiger partial charge on any atom is -0.393 e. The molecule has 4 bridgehead atoms. The maximum Gasteiger partial charge on any atom is 0.223 e. The molecule has 0 radical (unpaired) electrons. The van der Waals surface area contributed by atoms with E-state index in [-0.39, 0.29) is 23.3 Å². The van der Waals surface area contributed by atoms with Crippen molar-refractivity contribution < 1.29 is 9.90 Å². The number of likely N-dealkylation sites (tertiary alicyclic amines) is 1. The molecule has 28 heavy (non-hydrogen) atoms. The van der Waals surface area contributed by atoms with Gasteiger partial charge in [0.15, 0.2) is 0 Å². The minimum absolute atomic E-state index is 0.00267. The Labute approximate surface area is 171 Å². The van der Waals surface area contributed by atoms with E-state index in [9.17, 15) is 9.90 Å². The number of halogens is 1. The number of nitrogens with zero attached hydrogens (tertiary/aromatic N) is 2. The maximum atomic E-state index is 13.2. The number of nitriles is 1. The van der Waals surface area contributed by atoms with E-state index in [4.69, 9.17) is 16.9 Å². The molecule has 1 amide bonds. The summed E-state index contributed by atoms with van der Waals surface area (Å²) in [6, 6.07) is 10.3. The summed E-state index contributed by atoms with van der Waals surface area (Å²) in [4.78, 5) is 15.0. The summed E-state index contributed by atoms with van der Waals surface area (Å²) in [5.74, 6) is 1.97. The standard InChI is InChI=1S/C23H27ClN2O2/c24-20-4-2-1-3-15(20)9-23(10-21(27)26-12-14(11-25)13-26)18-5-16-6-19(23)8-17(7-18)22(16)28/h1-4,14,16-19,22,28H,5-10,12-13H2. The first-order valence-corrected chi connectivity index (χ1v) is 11.0. The van der Waals surface area contributed by atoms with Gasteiger partial charge in [0.2, 0.25) is 5.91 Å². The van der Waals surface area contributed by atoms with Gasteiger partial charge in [-0.1, -0.05) is 29.8 Å². The van der Waals surface area contributed by atoms with Crippen LogP contribution in [0.15, 0.2) is 24.3 Å². The van der Waals surface area contributed by atoms with E-state index in [0.29, 0.717) is 43.2 Å². The molecule has 0 atom stereocenters. The van der Waals surface area contributed by atoms with Gasteiger partial charge in [-0.25, -0.2) is 0 Å². The van der Waals surface area contributed by atoms with Gasteiger partial charge < -0.3 is 10.0 Å². The van der Waals surface area contributed by atoms with E-state index >= 15 is 0 Å². The maximum absolute atomic E-state index is 13.2. The van der Waals surface area contributed by atoms with E-state index in [1.54, 1.807) is 0 Å². The second-order valence-electron chi connectivity index (χ2n) is 9.65. The fourth-order valence-corrected chi connectivity index (χ4v) is 7.06. The number of rotatable bonds is 4. The average Bonchev–Trinajstić information content (AvgIpc) is 2.61. The van der Waals surface area contributed by atoms with E-state index in [1.165, 1.54) is 0 Å². The second-order valence-corrected chi connectivity index (χ2v) is 10.1. The second kappa shape index (κ2) is 6.75. The van der Waals surface area contributed by atoms with Crippen LogP contribution in [0.1, 0.15) is 37.7 Å². The van der Waals surface area contributed by atoms with Gasteiger partial charge in [-0.15, -0.1) is 0 Å². The zero-order valence-electron chi connectivity index (χ0n) is 16.1. The van der Waals surface area contributed by atoms with Crippen LogP contribution in [0.2, 0.25) is 5.02 Å². The highest BCUT2D eigenvalue weighted by Crippen LogP contribution is 2.64. The lowest BCUT2D eigenvalue weighted by Gasteiger charge is -2.63. The summed E-state index contributed by atoms with van der Waals surface area (Å²) in [6.45, 7) is 1.16. The Bertz CT molecular complexity index is 796. The third kappa shape index (κ3) is 2.78. The van der Waals surface area contributed by atoms with Crippen LogP contribution in [0.5, 0.6) is 0 Å². The fourth-order valence-electron chi connectivity index (χ4n) is 6.85. The Hall–Kier alpha value is -1.57. The summed E-state index contributed by atoms with van der Waals surface area (Å²) in [7, 11) is 0. The van der Waals surface area contributed by atoms with Crippen LogP contribution < -0.4 is 0 Å². The highest BCUT2D eigenvalue weighted by Gasteiger charge is 2.60. The summed E-state index contributed by atoms with van der Waals surface area (Å²) in [5, 5.41) is 20.4. The Morgan fingerprint density at radius 2 is 1.79 bits per heavy atom. The van der Waals surface area contributed by atoms with Gasteiger partial charge in [0.05, 0.1) is 18.1 Å². The van der Waals surface area contributed by atoms with Crippen LogP contribution in [0.4, 0.5) is 0 Å². The van der Waals surface area contributed by atoms with Crippen LogP contribution in [0, 0.1) is 46.3 Å². The third-order valence-corrected chi connectivity index (χ3v) is 8.68. The first kappa shape index (κ1) is 18.5. The van der Waals surface area contributed by atoms with Gasteiger partial charge in [0.1, 0.15) is 0 Å². The number of aliphatic hydroxyl groups is 1. The Balaban J connectivity index is 1.45. The zero-order valence-corrected chi connectivity index (χ0v) is 16.8. The summed E-state index contributed by atoms with van der Waals surface area (Å²) in [5.41, 5.74) is 1.08. The van der Waals surface area contributed by atoms with Crippen molar-refractivity contribution in [1.82, 2.24) is 4.90 Å². The van der Waals surface area contributed by atoms with Crippen molar-refractivity contribution in [3.05, 3.63) is 34.9 Å². The van der Waals surface area contributed by atoms with Crippen LogP contribution >= 0.6 is 11.6 Å². The SMILES string of the molecule is N#CC1CN(C(=O)CC2(Cc3ccccc3Cl)C3CC4CC2CC(C3)C4O)C1. The Morgan fingerprint density at radius 3 is 2.36 bits per heavy atom. The lowest BCUT2D eigenvalue weighted by Crippen LogP contribution is -2.60. The topological polar surface area (TPSA) is 64.3 Å². The van der Waals surface area contributed by atoms with Crippen LogP contribution in [-0.2, 0) is 11.2 Å². The van der Waals surface area contributed by atoms with Crippen molar-refractivity contribution >= 4 is 17.5 Å². The number of hydrogen-bond acceptors (Lipinski definition) is 3. The molecule has 5 heteroatoms. The van der Waals surface area contributed by atoms with Gasteiger partial charge in [0, 0.05) is 24.5 Å². The van der Waals surface area contributed by atoms with Crippen molar-refractivity contribution in [2.75, 3.05) is 13.1 Å². The molecule has 4 nitrogen and oxygen atoms in total. The lowest BCUT2D eigenvalue weighted by atomic mass is 9.42. The number of benzene rings is 1. The molecule has 6 rings (SSSR count). The van der Waals surface area contributed by atoms with E-state index in [1.807, 2.05) is 23.1 Å². The third-order valence-electron chi connectivity index (χ3n) is 8.32. The van der Waals surface area contributed by atoms with Crippen molar-refractivity contribution in [2.24, 2.45) is 35.0 Å². The molecule has 1 aromatic rings. The molecule has 5 fully saturated rings. The predicted octanol–water partition coefficient (Wildman–Crippen LogP) is 3.67. The number of amides is 1. The van der Waals surface area contributed by atoms with Gasteiger partial charge in [-0.2, -0.15) is 5.26 Å². The molecule has 1 N–H and O–H groups in total. The molecule has 148 valence electrons. The molecular formula is C23H27ClN2O2. The predicted molar refractivity (Wildman–Crippen MR) is 106 cm³/mol. The first-order chi connectivity index (χ1) is 13.5. The van der Waals surface area contributed by atoms with Crippen molar-refractivity contribution in [1.29, 1.82) is 5.26 Å². The van der Waals surface area contributed by atoms with Crippen molar-refractivity contribution in [3.63, 3.8) is 0 Å². The molecule has 1 saturated heterocycles. The quantitative estimate of drug-likeness (QED) is 0.841. The number of carbonyl (C=O) groups excluding carboxylic acids is 1. The van der Waals surface area contributed by atoms with Gasteiger partial charge in [0.25, 0.3) is 0 Å². The number of carbonyl (C=O) groups is 1. The molecule has 5 aliphatic rings. The minimum atomic E-state index is -0.145. The molecule has 0 unspecified atom stereocenters. The number of aliphatic hydroxyl groups excluding tert-OH is 1. The van der Waals surface area contributed by atoms with Gasteiger partial charge in [-0.05, 0) is 72.8 Å². The van der Waals surface area contributed by atoms with E-state index < -0.39 is 0 Å². The molecule has 4 aliphatic carbocycles. The van der Waals surface area contributed by atoms with Crippen LogP contribution in [-0.4, -0.2) is 35.1 Å². The zero-order chi connectivity index (χ0) is 19.5. The van der Waals surface area contributed by atoms with Crippen molar-refractivity contribution in [3.8, 4) is 6.07 Å². The summed E-state index contributed by atoms with van der Waals surface area (Å²) < 4.78 is 0. The summed E-state index contributed by atoms with van der Waals surface area (Å²) >= 11 is 6.53. The molecular weight excluding hydrogens is 372 g/mol. The normalized spacial score (nSPS) is 38.9. The molecule has 1 aromatic carbocycles. The largest absolute Gasteiger partial charge is 0.393 e. The summed E-state index contributed by atoms with van der Waals surface area (Å²) in [6.07, 6.45) is 5.40. The average molecular weight is 399 g/mol. The highest BCUT2D eigenvalue weighted by molar-refractivity contribution is 6.31. The number of hydrogen-bond donors (Lipinski definition) is 1. The molecule has 1 heterocycles. The van der Waals surface area contributed by atoms with Crippen molar-refractivity contribution in [2.45, 2.75) is 44.6 Å². The van der Waals surface area contributed by atoms with E-state index in [0.717, 1.165) is 42.7 Å². The van der Waals surface area contributed by atoms with E-state index in [2.05, 4.69) is 12.1 Å². The highest BCUT2D eigenvalue weighted by atomic mass is 35.5. The van der Waals surface area contributed by atoms with Crippen LogP contribution in [0.3, 0.4) is 0 Å². The lowest BCUT2D eigenvalue weighted by molar-refractivity contribution is -0.177. The molecule has 1 aliphatic heterocycles. The molecule has 0 aromatic heterocycles. The monoisotopic (exact) mass is 398 g/mol. The Morgan fingerprint density at radius 1 is 1.18 bits per heavy atom. The first-order valence-electron chi connectivity index (χ1n) is 10.6. The fraction of sp³-hybridized carbons (Fsp3) is 0.652. The molecule has 0 spiro atoms. The van der Waals surface area contributed by atoms with Crippen LogP contribution in [0.25, 0.3) is 0 Å².